The molecule has 156 valence electrons. The average Bonchev–Trinajstić information content (AvgIpc) is 2.73. The first-order valence-corrected chi connectivity index (χ1v) is 10.0. The molecular weight excluding hydrogens is 410 g/mol. The highest BCUT2D eigenvalue weighted by molar-refractivity contribution is 7.98. The Morgan fingerprint density at radius 2 is 1.80 bits per heavy atom. The number of carboxylic acid groups (broad SMARTS) is 1. The van der Waals surface area contributed by atoms with E-state index in [0.29, 0.717) is 22.3 Å². The number of benzene rings is 2. The van der Waals surface area contributed by atoms with E-state index >= 15 is 0 Å². The molecule has 2 aromatic carbocycles. The number of anilines is 2. The fourth-order valence-corrected chi connectivity index (χ4v) is 3.59. The predicted octanol–water partition coefficient (Wildman–Crippen LogP) is 4.42. The van der Waals surface area contributed by atoms with Crippen molar-refractivity contribution in [2.24, 2.45) is 0 Å². The highest BCUT2D eigenvalue weighted by Crippen LogP contribution is 2.30. The molecule has 0 bridgehead atoms. The van der Waals surface area contributed by atoms with Gasteiger partial charge >= 0.3 is 5.97 Å². The van der Waals surface area contributed by atoms with Gasteiger partial charge in [-0.25, -0.2) is 18.6 Å². The van der Waals surface area contributed by atoms with E-state index in [4.69, 9.17) is 0 Å². The van der Waals surface area contributed by atoms with Gasteiger partial charge < -0.3 is 15.3 Å². The summed E-state index contributed by atoms with van der Waals surface area (Å²) >= 11 is 1.29. The van der Waals surface area contributed by atoms with Crippen LogP contribution in [0.4, 0.5) is 20.5 Å². The number of carbonyl (C=O) groups is 1. The number of nitrogens with one attached hydrogen (secondary N) is 1. The molecule has 6 nitrogen and oxygen atoms in total. The van der Waals surface area contributed by atoms with Crippen LogP contribution in [-0.2, 0) is 12.3 Å². The molecular formula is C21H20F2N4O2S. The zero-order chi connectivity index (χ0) is 21.7. The Morgan fingerprint density at radius 1 is 1.07 bits per heavy atom. The standard InChI is InChI=1S/C21H20F2N4O2S/c1-27(2)21-25-18(24-11-14-8-9-15(22)16(23)10-14)17(20(28)29)19(26-21)30-12-13-6-4-3-5-7-13/h3-10H,11-12H2,1-2H3,(H,28,29)(H,24,25,26). The molecule has 0 spiro atoms. The van der Waals surface area contributed by atoms with Crippen LogP contribution in [-0.4, -0.2) is 35.1 Å². The molecule has 0 atom stereocenters. The van der Waals surface area contributed by atoms with Crippen molar-refractivity contribution < 1.29 is 18.7 Å². The third-order valence-electron chi connectivity index (χ3n) is 4.14. The monoisotopic (exact) mass is 430 g/mol. The van der Waals surface area contributed by atoms with Crippen LogP contribution in [0.2, 0.25) is 0 Å². The maximum Gasteiger partial charge on any atom is 0.342 e. The second-order valence-electron chi connectivity index (χ2n) is 6.63. The average molecular weight is 430 g/mol. The van der Waals surface area contributed by atoms with Crippen molar-refractivity contribution in [3.05, 3.63) is 76.9 Å². The molecule has 3 rings (SSSR count). The molecule has 1 aromatic heterocycles. The Bertz CT molecular complexity index is 1050. The van der Waals surface area contributed by atoms with Crippen molar-refractivity contribution in [1.29, 1.82) is 0 Å². The molecule has 9 heteroatoms. The van der Waals surface area contributed by atoms with E-state index < -0.39 is 17.6 Å². The third kappa shape index (κ3) is 5.24. The number of rotatable bonds is 8. The molecule has 30 heavy (non-hydrogen) atoms. The van der Waals surface area contributed by atoms with Gasteiger partial charge in [-0.2, -0.15) is 4.98 Å². The summed E-state index contributed by atoms with van der Waals surface area (Å²) in [5.41, 5.74) is 1.41. The van der Waals surface area contributed by atoms with Crippen LogP contribution in [0.5, 0.6) is 0 Å². The van der Waals surface area contributed by atoms with E-state index in [0.717, 1.165) is 17.7 Å². The summed E-state index contributed by atoms with van der Waals surface area (Å²) in [6.45, 7) is 0.0736. The minimum absolute atomic E-state index is 0.0656. The van der Waals surface area contributed by atoms with Crippen molar-refractivity contribution in [1.82, 2.24) is 9.97 Å². The highest BCUT2D eigenvalue weighted by Gasteiger charge is 2.22. The highest BCUT2D eigenvalue weighted by atomic mass is 32.2. The van der Waals surface area contributed by atoms with Crippen molar-refractivity contribution in [3.63, 3.8) is 0 Å². The molecule has 0 radical (unpaired) electrons. The lowest BCUT2D eigenvalue weighted by Gasteiger charge is -2.17. The van der Waals surface area contributed by atoms with Gasteiger partial charge in [0.25, 0.3) is 0 Å². The van der Waals surface area contributed by atoms with Crippen molar-refractivity contribution in [3.8, 4) is 0 Å². The molecule has 3 aromatic rings. The Balaban J connectivity index is 1.92. The lowest BCUT2D eigenvalue weighted by molar-refractivity contribution is 0.0693. The first kappa shape index (κ1) is 21.5. The van der Waals surface area contributed by atoms with Crippen molar-refractivity contribution >= 4 is 29.5 Å². The second kappa shape index (κ2) is 9.53. The topological polar surface area (TPSA) is 78.4 Å². The molecule has 0 aliphatic rings. The number of nitrogens with zero attached hydrogens (tertiary/aromatic N) is 3. The largest absolute Gasteiger partial charge is 0.477 e. The third-order valence-corrected chi connectivity index (χ3v) is 5.19. The number of aromatic carboxylic acids is 1. The van der Waals surface area contributed by atoms with Crippen LogP contribution in [0.15, 0.2) is 53.6 Å². The Labute approximate surface area is 177 Å². The maximum atomic E-state index is 13.5. The minimum atomic E-state index is -1.18. The molecule has 0 saturated carbocycles. The van der Waals surface area contributed by atoms with E-state index in [9.17, 15) is 18.7 Å². The van der Waals surface area contributed by atoms with Gasteiger partial charge in [0.05, 0.1) is 0 Å². The normalized spacial score (nSPS) is 10.7. The van der Waals surface area contributed by atoms with E-state index in [1.807, 2.05) is 30.3 Å². The summed E-state index contributed by atoms with van der Waals surface area (Å²) < 4.78 is 26.6. The van der Waals surface area contributed by atoms with Crippen LogP contribution in [0.1, 0.15) is 21.5 Å². The fourth-order valence-electron chi connectivity index (χ4n) is 2.62. The number of hydrogen-bond acceptors (Lipinski definition) is 6. The quantitative estimate of drug-likeness (QED) is 0.404. The Kier molecular flexibility index (Phi) is 6.83. The van der Waals surface area contributed by atoms with Crippen LogP contribution < -0.4 is 10.2 Å². The van der Waals surface area contributed by atoms with Crippen molar-refractivity contribution in [2.45, 2.75) is 17.3 Å². The lowest BCUT2D eigenvalue weighted by Crippen LogP contribution is -2.18. The smallest absolute Gasteiger partial charge is 0.342 e. The number of aromatic nitrogens is 2. The molecule has 0 fully saturated rings. The zero-order valence-electron chi connectivity index (χ0n) is 16.4. The molecule has 0 aliphatic heterocycles. The molecule has 1 heterocycles. The first-order chi connectivity index (χ1) is 14.3. The zero-order valence-corrected chi connectivity index (χ0v) is 17.2. The number of hydrogen-bond donors (Lipinski definition) is 2. The summed E-state index contributed by atoms with van der Waals surface area (Å²) in [7, 11) is 3.50. The molecule has 2 N–H and O–H groups in total. The van der Waals surface area contributed by atoms with Gasteiger partial charge in [-0.3, -0.25) is 0 Å². The second-order valence-corrected chi connectivity index (χ2v) is 7.59. The van der Waals surface area contributed by atoms with Crippen LogP contribution in [0.3, 0.4) is 0 Å². The van der Waals surface area contributed by atoms with E-state index in [1.54, 1.807) is 19.0 Å². The number of halogens is 2. The Hall–Kier alpha value is -3.20. The Morgan fingerprint density at radius 3 is 2.43 bits per heavy atom. The predicted molar refractivity (Wildman–Crippen MR) is 113 cm³/mol. The summed E-state index contributed by atoms with van der Waals surface area (Å²) in [5.74, 6) is -2.10. The first-order valence-electron chi connectivity index (χ1n) is 9.02. The van der Waals surface area contributed by atoms with Gasteiger partial charge in [0.1, 0.15) is 16.4 Å². The fraction of sp³-hybridized carbons (Fsp3) is 0.190. The SMILES string of the molecule is CN(C)c1nc(NCc2ccc(F)c(F)c2)c(C(=O)O)c(SCc2ccccc2)n1. The van der Waals surface area contributed by atoms with Crippen LogP contribution in [0.25, 0.3) is 0 Å². The summed E-state index contributed by atoms with van der Waals surface area (Å²) in [6, 6.07) is 13.1. The van der Waals surface area contributed by atoms with Gasteiger partial charge in [0.15, 0.2) is 11.6 Å². The van der Waals surface area contributed by atoms with Crippen LogP contribution >= 0.6 is 11.8 Å². The van der Waals surface area contributed by atoms with E-state index in [2.05, 4.69) is 15.3 Å². The van der Waals surface area contributed by atoms with Gasteiger partial charge in [-0.15, -0.1) is 11.8 Å². The lowest BCUT2D eigenvalue weighted by atomic mass is 10.2. The molecule has 0 amide bonds. The minimum Gasteiger partial charge on any atom is -0.477 e. The molecule has 0 aliphatic carbocycles. The number of carboxylic acids is 1. The van der Waals surface area contributed by atoms with Gasteiger partial charge in [0, 0.05) is 26.4 Å². The van der Waals surface area contributed by atoms with Crippen molar-refractivity contribution in [2.75, 3.05) is 24.3 Å². The van der Waals surface area contributed by atoms with Crippen LogP contribution in [0, 0.1) is 11.6 Å². The summed E-state index contributed by atoms with van der Waals surface area (Å²) in [6.07, 6.45) is 0. The van der Waals surface area contributed by atoms with Gasteiger partial charge in [-0.1, -0.05) is 36.4 Å². The van der Waals surface area contributed by atoms with E-state index in [-0.39, 0.29) is 17.9 Å². The summed E-state index contributed by atoms with van der Waals surface area (Å²) in [5, 5.41) is 13.0. The van der Waals surface area contributed by atoms with Gasteiger partial charge in [0.2, 0.25) is 5.95 Å². The molecule has 0 saturated heterocycles. The van der Waals surface area contributed by atoms with Gasteiger partial charge in [-0.05, 0) is 23.3 Å². The number of thioether (sulfide) groups is 1. The maximum absolute atomic E-state index is 13.5. The van der Waals surface area contributed by atoms with E-state index in [1.165, 1.54) is 17.8 Å². The summed E-state index contributed by atoms with van der Waals surface area (Å²) in [4.78, 5) is 22.4. The molecule has 0 unspecified atom stereocenters.